The Bertz CT molecular complexity index is 1230. The summed E-state index contributed by atoms with van der Waals surface area (Å²) in [6, 6.07) is 17.2. The molecule has 4 rings (SSSR count). The number of hydrogen-bond donors (Lipinski definition) is 2. The van der Waals surface area contributed by atoms with Crippen LogP contribution in [0, 0.1) is 0 Å². The van der Waals surface area contributed by atoms with E-state index in [4.69, 9.17) is 4.74 Å². The summed E-state index contributed by atoms with van der Waals surface area (Å²) >= 11 is 0. The van der Waals surface area contributed by atoms with Gasteiger partial charge in [-0.25, -0.2) is 4.79 Å². The van der Waals surface area contributed by atoms with Gasteiger partial charge in [-0.3, -0.25) is 14.4 Å². The SMILES string of the molecule is CCOC(=O)c1ccc(NC(=O)c2cc3c([nH]c2=O)C[C@@H](c2ccccc2)CC3=O)cc1. The van der Waals surface area contributed by atoms with Crippen LogP contribution in [-0.2, 0) is 11.2 Å². The number of ketones is 1. The third-order valence-corrected chi connectivity index (χ3v) is 5.48. The summed E-state index contributed by atoms with van der Waals surface area (Å²) < 4.78 is 4.93. The summed E-state index contributed by atoms with van der Waals surface area (Å²) in [6.45, 7) is 1.98. The predicted molar refractivity (Wildman–Crippen MR) is 119 cm³/mol. The van der Waals surface area contributed by atoms with Crippen LogP contribution in [0.3, 0.4) is 0 Å². The van der Waals surface area contributed by atoms with Gasteiger partial charge in [-0.1, -0.05) is 30.3 Å². The molecule has 0 aliphatic heterocycles. The lowest BCUT2D eigenvalue weighted by Crippen LogP contribution is -2.29. The lowest BCUT2D eigenvalue weighted by atomic mass is 9.81. The van der Waals surface area contributed by atoms with Gasteiger partial charge in [-0.15, -0.1) is 0 Å². The molecule has 1 amide bonds. The number of rotatable bonds is 5. The highest BCUT2D eigenvalue weighted by Crippen LogP contribution is 2.31. The van der Waals surface area contributed by atoms with Crippen molar-refractivity contribution in [2.75, 3.05) is 11.9 Å². The van der Waals surface area contributed by atoms with Gasteiger partial charge < -0.3 is 15.0 Å². The number of ether oxygens (including phenoxy) is 1. The van der Waals surface area contributed by atoms with Gasteiger partial charge in [-0.2, -0.15) is 0 Å². The van der Waals surface area contributed by atoms with E-state index < -0.39 is 17.4 Å². The third-order valence-electron chi connectivity index (χ3n) is 5.48. The first-order chi connectivity index (χ1) is 15.5. The quantitative estimate of drug-likeness (QED) is 0.600. The lowest BCUT2D eigenvalue weighted by Gasteiger charge is -2.24. The van der Waals surface area contributed by atoms with E-state index in [1.165, 1.54) is 18.2 Å². The van der Waals surface area contributed by atoms with E-state index in [0.717, 1.165) is 5.56 Å². The first-order valence-electron chi connectivity index (χ1n) is 10.4. The molecule has 7 nitrogen and oxygen atoms in total. The maximum atomic E-state index is 12.8. The van der Waals surface area contributed by atoms with Gasteiger partial charge >= 0.3 is 5.97 Å². The minimum atomic E-state index is -0.629. The predicted octanol–water partition coefficient (Wildman–Crippen LogP) is 3.72. The van der Waals surface area contributed by atoms with Crippen LogP contribution in [0.4, 0.5) is 5.69 Å². The molecule has 162 valence electrons. The Morgan fingerprint density at radius 2 is 1.75 bits per heavy atom. The van der Waals surface area contributed by atoms with E-state index >= 15 is 0 Å². The molecule has 0 radical (unpaired) electrons. The van der Waals surface area contributed by atoms with Crippen molar-refractivity contribution in [2.24, 2.45) is 0 Å². The van der Waals surface area contributed by atoms with Crippen LogP contribution >= 0.6 is 0 Å². The zero-order valence-corrected chi connectivity index (χ0v) is 17.5. The van der Waals surface area contributed by atoms with Gasteiger partial charge in [0.25, 0.3) is 11.5 Å². The van der Waals surface area contributed by atoms with Crippen molar-refractivity contribution in [3.63, 3.8) is 0 Å². The molecular weight excluding hydrogens is 408 g/mol. The average molecular weight is 430 g/mol. The normalized spacial score (nSPS) is 15.0. The highest BCUT2D eigenvalue weighted by atomic mass is 16.5. The lowest BCUT2D eigenvalue weighted by molar-refractivity contribution is 0.0526. The smallest absolute Gasteiger partial charge is 0.338 e. The van der Waals surface area contributed by atoms with Crippen molar-refractivity contribution in [2.45, 2.75) is 25.7 Å². The maximum Gasteiger partial charge on any atom is 0.338 e. The summed E-state index contributed by atoms with van der Waals surface area (Å²) in [4.78, 5) is 52.5. The zero-order chi connectivity index (χ0) is 22.7. The fraction of sp³-hybridized carbons (Fsp3) is 0.200. The second kappa shape index (κ2) is 9.01. The highest BCUT2D eigenvalue weighted by Gasteiger charge is 2.28. The Morgan fingerprint density at radius 1 is 1.03 bits per heavy atom. The molecule has 2 aromatic carbocycles. The number of Topliss-reactive ketones (excluding diaryl/α,β-unsaturated/α-hetero) is 1. The van der Waals surface area contributed by atoms with Crippen LogP contribution in [0.1, 0.15) is 61.6 Å². The Balaban J connectivity index is 1.54. The number of amides is 1. The van der Waals surface area contributed by atoms with Gasteiger partial charge in [0.05, 0.1) is 12.2 Å². The molecular formula is C25H22N2O5. The number of carbonyl (C=O) groups excluding carboxylic acids is 3. The molecule has 0 saturated heterocycles. The Kier molecular flexibility index (Phi) is 5.98. The summed E-state index contributed by atoms with van der Waals surface area (Å²) in [5, 5.41) is 2.63. The van der Waals surface area contributed by atoms with Crippen LogP contribution in [0.5, 0.6) is 0 Å². The van der Waals surface area contributed by atoms with E-state index in [-0.39, 0.29) is 23.9 Å². The van der Waals surface area contributed by atoms with E-state index in [0.29, 0.717) is 35.3 Å². The second-order valence-corrected chi connectivity index (χ2v) is 7.60. The maximum absolute atomic E-state index is 12.8. The second-order valence-electron chi connectivity index (χ2n) is 7.60. The molecule has 0 spiro atoms. The zero-order valence-electron chi connectivity index (χ0n) is 17.5. The third kappa shape index (κ3) is 4.37. The fourth-order valence-electron chi connectivity index (χ4n) is 3.86. The Labute approximate surface area is 184 Å². The minimum absolute atomic E-state index is 0.00978. The topological polar surface area (TPSA) is 105 Å². The van der Waals surface area contributed by atoms with Crippen molar-refractivity contribution >= 4 is 23.3 Å². The number of fused-ring (bicyclic) bond motifs is 1. The molecule has 32 heavy (non-hydrogen) atoms. The van der Waals surface area contributed by atoms with Crippen LogP contribution in [0.15, 0.2) is 65.5 Å². The molecule has 7 heteroatoms. The molecule has 2 N–H and O–H groups in total. The Morgan fingerprint density at radius 3 is 2.44 bits per heavy atom. The fourth-order valence-corrected chi connectivity index (χ4v) is 3.86. The van der Waals surface area contributed by atoms with Gasteiger partial charge in [0.15, 0.2) is 5.78 Å². The van der Waals surface area contributed by atoms with Gasteiger partial charge in [0.1, 0.15) is 5.56 Å². The van der Waals surface area contributed by atoms with Gasteiger partial charge in [-0.05, 0) is 55.2 Å². The largest absolute Gasteiger partial charge is 0.462 e. The number of anilines is 1. The van der Waals surface area contributed by atoms with Gasteiger partial charge in [0.2, 0.25) is 0 Å². The summed E-state index contributed by atoms with van der Waals surface area (Å²) in [5.74, 6) is -1.20. The summed E-state index contributed by atoms with van der Waals surface area (Å²) in [5.41, 5.74) is 2.05. The molecule has 1 aliphatic rings. The van der Waals surface area contributed by atoms with Gasteiger partial charge in [0, 0.05) is 23.4 Å². The molecule has 1 aromatic heterocycles. The summed E-state index contributed by atoms with van der Waals surface area (Å²) in [7, 11) is 0. The van der Waals surface area contributed by atoms with Crippen LogP contribution < -0.4 is 10.9 Å². The van der Waals surface area contributed by atoms with Crippen molar-refractivity contribution in [1.29, 1.82) is 0 Å². The van der Waals surface area contributed by atoms with Crippen molar-refractivity contribution in [3.8, 4) is 0 Å². The van der Waals surface area contributed by atoms with Crippen molar-refractivity contribution in [1.82, 2.24) is 4.98 Å². The number of aromatic nitrogens is 1. The number of carbonyl (C=O) groups is 3. The Hall–Kier alpha value is -4.00. The van der Waals surface area contributed by atoms with E-state index in [1.807, 2.05) is 30.3 Å². The summed E-state index contributed by atoms with van der Waals surface area (Å²) in [6.07, 6.45) is 0.844. The minimum Gasteiger partial charge on any atom is -0.462 e. The average Bonchev–Trinajstić information content (AvgIpc) is 2.79. The number of esters is 1. The van der Waals surface area contributed by atoms with E-state index in [9.17, 15) is 19.2 Å². The molecule has 1 heterocycles. The number of nitrogens with one attached hydrogen (secondary N) is 2. The standard InChI is InChI=1S/C25H22N2O5/c1-2-32-25(31)16-8-10-18(11-9-16)26-23(29)20-14-19-21(27-24(20)30)12-17(13-22(19)28)15-6-4-3-5-7-15/h3-11,14,17H,2,12-13H2,1H3,(H,26,29)(H,27,30)/t17-/m1/s1. The van der Waals surface area contributed by atoms with Crippen molar-refractivity contribution in [3.05, 3.63) is 99.0 Å². The molecule has 0 bridgehead atoms. The van der Waals surface area contributed by atoms with E-state index in [1.54, 1.807) is 19.1 Å². The first kappa shape index (κ1) is 21.2. The monoisotopic (exact) mass is 430 g/mol. The molecule has 0 fully saturated rings. The number of H-pyrrole nitrogens is 1. The van der Waals surface area contributed by atoms with Crippen LogP contribution in [-0.4, -0.2) is 29.3 Å². The number of aromatic amines is 1. The molecule has 3 aromatic rings. The van der Waals surface area contributed by atoms with Crippen LogP contribution in [0.2, 0.25) is 0 Å². The number of benzene rings is 2. The molecule has 0 unspecified atom stereocenters. The highest BCUT2D eigenvalue weighted by molar-refractivity contribution is 6.07. The molecule has 1 atom stereocenters. The molecule has 0 saturated carbocycles. The van der Waals surface area contributed by atoms with Crippen molar-refractivity contribution < 1.29 is 19.1 Å². The van der Waals surface area contributed by atoms with E-state index in [2.05, 4.69) is 10.3 Å². The van der Waals surface area contributed by atoms with Crippen LogP contribution in [0.25, 0.3) is 0 Å². The first-order valence-corrected chi connectivity index (χ1v) is 10.4. The molecule has 1 aliphatic carbocycles. The number of pyridine rings is 1. The number of hydrogen-bond acceptors (Lipinski definition) is 5.